The monoisotopic (exact) mass is 455 g/mol. The molecule has 0 saturated carbocycles. The highest BCUT2D eigenvalue weighted by Crippen LogP contribution is 2.29. The molecule has 2 saturated heterocycles. The summed E-state index contributed by atoms with van der Waals surface area (Å²) in [5.41, 5.74) is 1.55. The lowest BCUT2D eigenvalue weighted by molar-refractivity contribution is 0.0745. The summed E-state index contributed by atoms with van der Waals surface area (Å²) in [6.07, 6.45) is 0. The summed E-state index contributed by atoms with van der Waals surface area (Å²) in [4.78, 5) is 28.9. The Morgan fingerprint density at radius 1 is 0.909 bits per heavy atom. The first kappa shape index (κ1) is 23.1. The van der Waals surface area contributed by atoms with Crippen LogP contribution in [0.1, 0.15) is 29.9 Å². The number of piperazine rings is 1. The van der Waals surface area contributed by atoms with E-state index in [4.69, 9.17) is 19.2 Å². The molecule has 1 amide bonds. The second-order valence-corrected chi connectivity index (χ2v) is 8.07. The number of carbonyl (C=O) groups excluding carboxylic acids is 1. The molecule has 1 aromatic heterocycles. The van der Waals surface area contributed by atoms with Gasteiger partial charge in [0.05, 0.1) is 26.4 Å². The van der Waals surface area contributed by atoms with E-state index in [-0.39, 0.29) is 5.91 Å². The first-order valence-corrected chi connectivity index (χ1v) is 11.7. The van der Waals surface area contributed by atoms with E-state index in [1.54, 1.807) is 12.1 Å². The summed E-state index contributed by atoms with van der Waals surface area (Å²) in [7, 11) is 0. The Kier molecular flexibility index (Phi) is 7.49. The zero-order chi connectivity index (χ0) is 23.2. The summed E-state index contributed by atoms with van der Waals surface area (Å²) < 4.78 is 16.8. The minimum absolute atomic E-state index is 0.00202. The van der Waals surface area contributed by atoms with Gasteiger partial charge in [0.25, 0.3) is 5.91 Å². The smallest absolute Gasteiger partial charge is 0.254 e. The summed E-state index contributed by atoms with van der Waals surface area (Å²) in [5.74, 6) is 2.93. The van der Waals surface area contributed by atoms with Crippen molar-refractivity contribution in [3.63, 3.8) is 0 Å². The van der Waals surface area contributed by atoms with Gasteiger partial charge >= 0.3 is 0 Å². The Morgan fingerprint density at radius 2 is 1.61 bits per heavy atom. The van der Waals surface area contributed by atoms with Crippen molar-refractivity contribution in [3.05, 3.63) is 35.5 Å². The molecule has 3 heterocycles. The number of carbonyl (C=O) groups is 1. The van der Waals surface area contributed by atoms with Crippen molar-refractivity contribution in [3.8, 4) is 11.5 Å². The van der Waals surface area contributed by atoms with E-state index >= 15 is 0 Å². The Labute approximate surface area is 195 Å². The number of morpholine rings is 1. The highest BCUT2D eigenvalue weighted by Gasteiger charge is 2.25. The molecule has 9 heteroatoms. The van der Waals surface area contributed by atoms with E-state index in [0.717, 1.165) is 43.8 Å². The van der Waals surface area contributed by atoms with E-state index in [9.17, 15) is 4.79 Å². The van der Waals surface area contributed by atoms with Crippen LogP contribution in [-0.2, 0) is 4.74 Å². The first-order chi connectivity index (χ1) is 16.1. The van der Waals surface area contributed by atoms with Crippen LogP contribution in [0.15, 0.2) is 24.3 Å². The van der Waals surface area contributed by atoms with Crippen molar-refractivity contribution in [1.29, 1.82) is 0 Å². The normalized spacial score (nSPS) is 16.6. The first-order valence-electron chi connectivity index (χ1n) is 11.7. The lowest BCUT2D eigenvalue weighted by atomic mass is 10.1. The lowest BCUT2D eigenvalue weighted by Gasteiger charge is -2.35. The van der Waals surface area contributed by atoms with Gasteiger partial charge in [-0.2, -0.15) is 4.98 Å². The number of nitrogens with zero attached hydrogens (tertiary/aromatic N) is 5. The van der Waals surface area contributed by atoms with Gasteiger partial charge in [-0.1, -0.05) is 0 Å². The van der Waals surface area contributed by atoms with E-state index in [1.165, 1.54) is 0 Å². The van der Waals surface area contributed by atoms with Gasteiger partial charge in [-0.25, -0.2) is 4.98 Å². The Bertz CT molecular complexity index is 956. The number of amides is 1. The molecule has 33 heavy (non-hydrogen) atoms. The Hall–Kier alpha value is -3.07. The number of ether oxygens (including phenoxy) is 3. The second kappa shape index (κ2) is 10.7. The topological polar surface area (TPSA) is 80.3 Å². The highest BCUT2D eigenvalue weighted by molar-refractivity contribution is 5.95. The molecule has 2 aliphatic heterocycles. The summed E-state index contributed by atoms with van der Waals surface area (Å²) in [6.45, 7) is 12.6. The largest absolute Gasteiger partial charge is 0.490 e. The molecular weight excluding hydrogens is 422 g/mol. The molecule has 1 aromatic carbocycles. The van der Waals surface area contributed by atoms with E-state index in [1.807, 2.05) is 37.8 Å². The van der Waals surface area contributed by atoms with Gasteiger partial charge < -0.3 is 28.9 Å². The maximum atomic E-state index is 13.1. The van der Waals surface area contributed by atoms with Gasteiger partial charge in [-0.15, -0.1) is 0 Å². The van der Waals surface area contributed by atoms with Crippen LogP contribution in [-0.4, -0.2) is 86.5 Å². The molecule has 0 radical (unpaired) electrons. The number of aromatic nitrogens is 2. The number of benzene rings is 1. The van der Waals surface area contributed by atoms with Crippen molar-refractivity contribution >= 4 is 17.7 Å². The van der Waals surface area contributed by atoms with Crippen LogP contribution in [0.2, 0.25) is 0 Å². The summed E-state index contributed by atoms with van der Waals surface area (Å²) in [5, 5.41) is 0. The van der Waals surface area contributed by atoms with Gasteiger partial charge in [0, 0.05) is 56.6 Å². The second-order valence-electron chi connectivity index (χ2n) is 8.07. The van der Waals surface area contributed by atoms with E-state index in [2.05, 4.69) is 14.8 Å². The molecule has 0 spiro atoms. The number of aryl methyl sites for hydroxylation is 1. The minimum Gasteiger partial charge on any atom is -0.490 e. The molecule has 0 bridgehead atoms. The standard InChI is InChI=1S/C24H33N5O4/c1-4-32-20-7-6-19(17-21(20)33-5-2)23(30)28-8-10-29(11-9-28)24-25-18(3)16-22(26-24)27-12-14-31-15-13-27/h6-7,16-17H,4-5,8-15H2,1-3H3. The van der Waals surface area contributed by atoms with Gasteiger partial charge in [-0.3, -0.25) is 4.79 Å². The number of rotatable bonds is 7. The molecule has 2 aliphatic rings. The van der Waals surface area contributed by atoms with Crippen LogP contribution in [0, 0.1) is 6.92 Å². The predicted octanol–water partition coefficient (Wildman–Crippen LogP) is 2.38. The van der Waals surface area contributed by atoms with E-state index < -0.39 is 0 Å². The Balaban J connectivity index is 1.42. The number of hydrogen-bond acceptors (Lipinski definition) is 8. The van der Waals surface area contributed by atoms with Crippen LogP contribution in [0.4, 0.5) is 11.8 Å². The van der Waals surface area contributed by atoms with Crippen molar-refractivity contribution in [2.24, 2.45) is 0 Å². The van der Waals surface area contributed by atoms with Crippen LogP contribution in [0.3, 0.4) is 0 Å². The van der Waals surface area contributed by atoms with Gasteiger partial charge in [0.1, 0.15) is 5.82 Å². The third-order valence-corrected chi connectivity index (χ3v) is 5.80. The maximum Gasteiger partial charge on any atom is 0.254 e. The van der Waals surface area contributed by atoms with Gasteiger partial charge in [0.2, 0.25) is 5.95 Å². The Morgan fingerprint density at radius 3 is 2.30 bits per heavy atom. The molecule has 0 aliphatic carbocycles. The molecule has 0 unspecified atom stereocenters. The quantitative estimate of drug-likeness (QED) is 0.630. The van der Waals surface area contributed by atoms with Crippen LogP contribution < -0.4 is 19.3 Å². The zero-order valence-electron chi connectivity index (χ0n) is 19.7. The molecule has 0 atom stereocenters. The molecule has 0 N–H and O–H groups in total. The van der Waals surface area contributed by atoms with Crippen LogP contribution in [0.5, 0.6) is 11.5 Å². The SMILES string of the molecule is CCOc1ccc(C(=O)N2CCN(c3nc(C)cc(N4CCOCC4)n3)CC2)cc1OCC. The lowest BCUT2D eigenvalue weighted by Crippen LogP contribution is -2.49. The van der Waals surface area contributed by atoms with Crippen LogP contribution in [0.25, 0.3) is 0 Å². The molecule has 2 aromatic rings. The van der Waals surface area contributed by atoms with Crippen LogP contribution >= 0.6 is 0 Å². The molecular formula is C24H33N5O4. The van der Waals surface area contributed by atoms with Crippen molar-refractivity contribution in [1.82, 2.24) is 14.9 Å². The van der Waals surface area contributed by atoms with Crippen molar-refractivity contribution < 1.29 is 19.0 Å². The third kappa shape index (κ3) is 5.47. The molecule has 2 fully saturated rings. The fraction of sp³-hybridized carbons (Fsp3) is 0.542. The third-order valence-electron chi connectivity index (χ3n) is 5.80. The van der Waals surface area contributed by atoms with Crippen molar-refractivity contribution in [2.45, 2.75) is 20.8 Å². The van der Waals surface area contributed by atoms with E-state index in [0.29, 0.717) is 56.5 Å². The number of hydrogen-bond donors (Lipinski definition) is 0. The predicted molar refractivity (Wildman–Crippen MR) is 127 cm³/mol. The molecule has 4 rings (SSSR count). The van der Waals surface area contributed by atoms with Gasteiger partial charge in [0.15, 0.2) is 11.5 Å². The fourth-order valence-electron chi connectivity index (χ4n) is 4.11. The van der Waals surface area contributed by atoms with Gasteiger partial charge in [-0.05, 0) is 39.0 Å². The molecule has 178 valence electrons. The summed E-state index contributed by atoms with van der Waals surface area (Å²) >= 11 is 0. The minimum atomic E-state index is -0.00202. The van der Waals surface area contributed by atoms with Crippen molar-refractivity contribution in [2.75, 3.05) is 75.5 Å². The maximum absolute atomic E-state index is 13.1. The highest BCUT2D eigenvalue weighted by atomic mass is 16.5. The summed E-state index contributed by atoms with van der Waals surface area (Å²) in [6, 6.07) is 7.42. The fourth-order valence-corrected chi connectivity index (χ4v) is 4.11. The zero-order valence-corrected chi connectivity index (χ0v) is 19.7. The average molecular weight is 456 g/mol. The average Bonchev–Trinajstić information content (AvgIpc) is 2.85. The molecule has 9 nitrogen and oxygen atoms in total. The number of anilines is 2.